The van der Waals surface area contributed by atoms with Gasteiger partial charge >= 0.3 is 0 Å². The van der Waals surface area contributed by atoms with Crippen LogP contribution in [0.1, 0.15) is 55.1 Å². The summed E-state index contributed by atoms with van der Waals surface area (Å²) in [5, 5.41) is 30.9. The Morgan fingerprint density at radius 2 is 1.64 bits per heavy atom. The van der Waals surface area contributed by atoms with Gasteiger partial charge in [-0.15, -0.1) is 0 Å². The van der Waals surface area contributed by atoms with E-state index in [0.717, 1.165) is 30.0 Å². The smallest absolute Gasteiger partial charge is 0.174 e. The Balaban J connectivity index is 2.23. The highest BCUT2D eigenvalue weighted by Gasteiger charge is 2.22. The molecule has 0 spiro atoms. The van der Waals surface area contributed by atoms with Crippen LogP contribution >= 0.6 is 0 Å². The molecule has 0 fully saturated rings. The van der Waals surface area contributed by atoms with Crippen molar-refractivity contribution < 1.29 is 20.1 Å². The van der Waals surface area contributed by atoms with E-state index in [1.54, 1.807) is 0 Å². The highest BCUT2D eigenvalue weighted by Crippen LogP contribution is 2.38. The van der Waals surface area contributed by atoms with E-state index in [1.165, 1.54) is 5.57 Å². The largest absolute Gasteiger partial charge is 0.507 e. The zero-order valence-corrected chi connectivity index (χ0v) is 16.7. The minimum absolute atomic E-state index is 0.0593. The standard InChI is InChI=1S/C24H28O4/c1-16(2)8-7-9-17(3)12-13-19-20(25)15-22(27)23(24(19)28)21(26)14-18-10-5-4-6-11-18/h4-6,8,10-12,15,25,27-28H,7,9,13-14H2,1-3H3/b17-12+. The van der Waals surface area contributed by atoms with E-state index in [4.69, 9.17) is 0 Å². The Morgan fingerprint density at radius 1 is 0.964 bits per heavy atom. The third-order valence-electron chi connectivity index (χ3n) is 4.59. The number of rotatable bonds is 8. The zero-order chi connectivity index (χ0) is 20.7. The molecule has 2 rings (SSSR count). The number of phenolic OH excluding ortho intramolecular Hbond substituents is 3. The average molecular weight is 380 g/mol. The second-order valence-electron chi connectivity index (χ2n) is 7.28. The predicted octanol–water partition coefficient (Wildman–Crippen LogP) is 5.46. The molecule has 3 N–H and O–H groups in total. The molecule has 0 saturated heterocycles. The van der Waals surface area contributed by atoms with Crippen molar-refractivity contribution in [3.63, 3.8) is 0 Å². The maximum absolute atomic E-state index is 12.6. The van der Waals surface area contributed by atoms with Gasteiger partial charge in [-0.1, -0.05) is 53.6 Å². The van der Waals surface area contributed by atoms with Crippen molar-refractivity contribution in [1.82, 2.24) is 0 Å². The quantitative estimate of drug-likeness (QED) is 0.419. The van der Waals surface area contributed by atoms with E-state index in [9.17, 15) is 20.1 Å². The van der Waals surface area contributed by atoms with E-state index in [0.29, 0.717) is 0 Å². The molecule has 0 aliphatic rings. The lowest BCUT2D eigenvalue weighted by molar-refractivity contribution is 0.0987. The number of carbonyl (C=O) groups excluding carboxylic acids is 1. The number of ketones is 1. The van der Waals surface area contributed by atoms with Gasteiger partial charge in [0.15, 0.2) is 5.78 Å². The number of benzene rings is 2. The molecule has 0 saturated carbocycles. The topological polar surface area (TPSA) is 77.8 Å². The molecule has 148 valence electrons. The molecule has 0 aliphatic carbocycles. The van der Waals surface area contributed by atoms with Crippen LogP contribution in [-0.4, -0.2) is 21.1 Å². The van der Waals surface area contributed by atoms with Crippen molar-refractivity contribution in [1.29, 1.82) is 0 Å². The van der Waals surface area contributed by atoms with Crippen molar-refractivity contribution in [2.45, 2.75) is 46.5 Å². The molecule has 0 bridgehead atoms. The molecule has 0 aromatic heterocycles. The molecule has 0 aliphatic heterocycles. The first-order chi connectivity index (χ1) is 13.3. The Morgan fingerprint density at radius 3 is 2.29 bits per heavy atom. The first-order valence-corrected chi connectivity index (χ1v) is 9.42. The molecule has 28 heavy (non-hydrogen) atoms. The summed E-state index contributed by atoms with van der Waals surface area (Å²) in [6.07, 6.45) is 6.24. The van der Waals surface area contributed by atoms with Gasteiger partial charge in [0.25, 0.3) is 0 Å². The summed E-state index contributed by atoms with van der Waals surface area (Å²) in [7, 11) is 0. The molecule has 0 heterocycles. The first kappa shape index (κ1) is 21.3. The second kappa shape index (κ2) is 9.79. The summed E-state index contributed by atoms with van der Waals surface area (Å²) < 4.78 is 0. The van der Waals surface area contributed by atoms with E-state index < -0.39 is 11.5 Å². The summed E-state index contributed by atoms with van der Waals surface area (Å²) in [6, 6.07) is 10.3. The first-order valence-electron chi connectivity index (χ1n) is 9.42. The molecule has 2 aromatic rings. The SMILES string of the molecule is CC(C)=CCC/C(C)=C/Cc1c(O)cc(O)c(C(=O)Cc2ccccc2)c1O. The minimum Gasteiger partial charge on any atom is -0.507 e. The van der Waals surface area contributed by atoms with Crippen LogP contribution in [0.3, 0.4) is 0 Å². The summed E-state index contributed by atoms with van der Waals surface area (Å²) in [4.78, 5) is 12.6. The van der Waals surface area contributed by atoms with Crippen LogP contribution in [0.5, 0.6) is 17.2 Å². The van der Waals surface area contributed by atoms with Crippen LogP contribution in [0.2, 0.25) is 0 Å². The third kappa shape index (κ3) is 5.74. The van der Waals surface area contributed by atoms with Crippen molar-refractivity contribution in [3.8, 4) is 17.2 Å². The average Bonchev–Trinajstić information content (AvgIpc) is 2.61. The minimum atomic E-state index is -0.413. The van der Waals surface area contributed by atoms with E-state index in [-0.39, 0.29) is 35.5 Å². The second-order valence-corrected chi connectivity index (χ2v) is 7.28. The van der Waals surface area contributed by atoms with Gasteiger partial charge in [0, 0.05) is 18.1 Å². The number of Topliss-reactive ketones (excluding diaryl/α,β-unsaturated/α-hetero) is 1. The van der Waals surface area contributed by atoms with Crippen LogP contribution in [0.25, 0.3) is 0 Å². The molecule has 2 aromatic carbocycles. The van der Waals surface area contributed by atoms with Gasteiger partial charge in [0.1, 0.15) is 22.8 Å². The van der Waals surface area contributed by atoms with Gasteiger partial charge in [-0.25, -0.2) is 0 Å². The third-order valence-corrected chi connectivity index (χ3v) is 4.59. The van der Waals surface area contributed by atoms with Gasteiger partial charge in [-0.3, -0.25) is 4.79 Å². The number of phenols is 3. The van der Waals surface area contributed by atoms with Gasteiger partial charge < -0.3 is 15.3 Å². The van der Waals surface area contributed by atoms with E-state index in [1.807, 2.05) is 43.3 Å². The van der Waals surface area contributed by atoms with E-state index >= 15 is 0 Å². The van der Waals surface area contributed by atoms with Crippen LogP contribution in [-0.2, 0) is 12.8 Å². The monoisotopic (exact) mass is 380 g/mol. The number of allylic oxidation sites excluding steroid dienone is 4. The lowest BCUT2D eigenvalue weighted by atomic mass is 9.96. The molecule has 0 amide bonds. The summed E-state index contributed by atoms with van der Waals surface area (Å²) in [5.41, 5.74) is 3.28. The Bertz CT molecular complexity index is 889. The molecular formula is C24H28O4. The van der Waals surface area contributed by atoms with Gasteiger partial charge in [0.05, 0.1) is 0 Å². The number of aromatic hydroxyl groups is 3. The predicted molar refractivity (Wildman–Crippen MR) is 112 cm³/mol. The maximum atomic E-state index is 12.6. The molecule has 4 heteroatoms. The van der Waals surface area contributed by atoms with Crippen molar-refractivity contribution in [2.24, 2.45) is 0 Å². The van der Waals surface area contributed by atoms with Crippen LogP contribution in [0, 0.1) is 0 Å². The van der Waals surface area contributed by atoms with Crippen LogP contribution in [0.4, 0.5) is 0 Å². The summed E-state index contributed by atoms with van der Waals surface area (Å²) in [5.74, 6) is -1.39. The molecule has 4 nitrogen and oxygen atoms in total. The van der Waals surface area contributed by atoms with Gasteiger partial charge in [-0.05, 0) is 45.6 Å². The fourth-order valence-electron chi connectivity index (χ4n) is 2.99. The Labute approximate surface area is 166 Å². The lowest BCUT2D eigenvalue weighted by Gasteiger charge is -2.12. The summed E-state index contributed by atoms with van der Waals surface area (Å²) in [6.45, 7) is 6.11. The summed E-state index contributed by atoms with van der Waals surface area (Å²) >= 11 is 0. The van der Waals surface area contributed by atoms with Gasteiger partial charge in [0.2, 0.25) is 0 Å². The maximum Gasteiger partial charge on any atom is 0.174 e. The van der Waals surface area contributed by atoms with Crippen molar-refractivity contribution in [3.05, 3.63) is 76.4 Å². The zero-order valence-electron chi connectivity index (χ0n) is 16.7. The number of hydrogen-bond donors (Lipinski definition) is 3. The highest BCUT2D eigenvalue weighted by molar-refractivity contribution is 6.03. The highest BCUT2D eigenvalue weighted by atomic mass is 16.3. The Kier molecular flexibility index (Phi) is 7.44. The number of carbonyl (C=O) groups is 1. The molecule has 0 radical (unpaired) electrons. The van der Waals surface area contributed by atoms with Crippen molar-refractivity contribution in [2.75, 3.05) is 0 Å². The molecule has 0 atom stereocenters. The number of hydrogen-bond acceptors (Lipinski definition) is 4. The molecule has 0 unspecified atom stereocenters. The van der Waals surface area contributed by atoms with E-state index in [2.05, 4.69) is 19.9 Å². The van der Waals surface area contributed by atoms with Crippen LogP contribution in [0.15, 0.2) is 59.7 Å². The molecular weight excluding hydrogens is 352 g/mol. The van der Waals surface area contributed by atoms with Crippen molar-refractivity contribution >= 4 is 5.78 Å². The lowest BCUT2D eigenvalue weighted by Crippen LogP contribution is -2.06. The normalized spacial score (nSPS) is 11.3. The fourth-order valence-corrected chi connectivity index (χ4v) is 2.99. The van der Waals surface area contributed by atoms with Crippen LogP contribution < -0.4 is 0 Å². The fraction of sp³-hybridized carbons (Fsp3) is 0.292. The van der Waals surface area contributed by atoms with Gasteiger partial charge in [-0.2, -0.15) is 0 Å². The Hall–Kier alpha value is -3.01.